The number of hydrogen-bond donors (Lipinski definition) is 1. The van der Waals surface area contributed by atoms with Gasteiger partial charge >= 0.3 is 6.03 Å². The first-order chi connectivity index (χ1) is 13.6. The highest BCUT2D eigenvalue weighted by Crippen LogP contribution is 2.30. The number of hydrogen-bond acceptors (Lipinski definition) is 3. The number of nitrogens with zero attached hydrogens (tertiary/aromatic N) is 4. The van der Waals surface area contributed by atoms with Crippen molar-refractivity contribution in [1.29, 1.82) is 0 Å². The molecule has 2 aromatic heterocycles. The van der Waals surface area contributed by atoms with Gasteiger partial charge in [-0.1, -0.05) is 0 Å². The van der Waals surface area contributed by atoms with E-state index in [0.717, 1.165) is 12.1 Å². The van der Waals surface area contributed by atoms with Crippen LogP contribution >= 0.6 is 0 Å². The van der Waals surface area contributed by atoms with Crippen LogP contribution < -0.4 is 5.32 Å². The van der Waals surface area contributed by atoms with Gasteiger partial charge in [0.25, 0.3) is 0 Å². The molecule has 2 amide bonds. The van der Waals surface area contributed by atoms with Crippen molar-refractivity contribution >= 4 is 11.7 Å². The second-order valence-corrected chi connectivity index (χ2v) is 6.71. The molecule has 4 rings (SSSR count). The van der Waals surface area contributed by atoms with Crippen LogP contribution in [0.4, 0.5) is 19.3 Å². The molecular weight excluding hydrogens is 364 g/mol. The number of likely N-dealkylation sites (tertiary alicyclic amines) is 1. The Kier molecular flexibility index (Phi) is 5.01. The Hall–Kier alpha value is -3.29. The maximum absolute atomic E-state index is 14.1. The molecule has 0 radical (unpaired) electrons. The highest BCUT2D eigenvalue weighted by molar-refractivity contribution is 5.91. The molecule has 1 aliphatic rings. The minimum Gasteiger partial charge on any atom is -0.324 e. The largest absolute Gasteiger partial charge is 0.324 e. The van der Waals surface area contributed by atoms with Gasteiger partial charge in [0.15, 0.2) is 5.82 Å². The zero-order valence-corrected chi connectivity index (χ0v) is 15.1. The van der Waals surface area contributed by atoms with Gasteiger partial charge in [-0.3, -0.25) is 0 Å². The molecule has 1 aliphatic heterocycles. The number of nitrogens with one attached hydrogen (secondary N) is 1. The second-order valence-electron chi connectivity index (χ2n) is 6.71. The smallest absolute Gasteiger partial charge is 0.321 e. The van der Waals surface area contributed by atoms with Crippen molar-refractivity contribution < 1.29 is 13.6 Å². The first-order valence-electron chi connectivity index (χ1n) is 9.08. The quantitative estimate of drug-likeness (QED) is 0.745. The predicted octanol–water partition coefficient (Wildman–Crippen LogP) is 3.96. The average Bonchev–Trinajstić information content (AvgIpc) is 3.25. The van der Waals surface area contributed by atoms with Crippen LogP contribution in [0.25, 0.3) is 5.82 Å². The Morgan fingerprint density at radius 1 is 1.18 bits per heavy atom. The van der Waals surface area contributed by atoms with Gasteiger partial charge in [0.2, 0.25) is 0 Å². The number of piperidine rings is 1. The Morgan fingerprint density at radius 2 is 2.07 bits per heavy atom. The Balaban J connectivity index is 1.51. The van der Waals surface area contributed by atoms with E-state index in [1.807, 2.05) is 0 Å². The van der Waals surface area contributed by atoms with Crippen molar-refractivity contribution in [3.8, 4) is 5.82 Å². The molecular formula is C20H19F2N5O. The molecule has 1 aromatic carbocycles. The number of carbonyl (C=O) groups excluding carboxylic acids is 1. The molecule has 0 aliphatic carbocycles. The monoisotopic (exact) mass is 383 g/mol. The van der Waals surface area contributed by atoms with Gasteiger partial charge in [-0.25, -0.2) is 23.2 Å². The van der Waals surface area contributed by atoms with E-state index in [4.69, 9.17) is 0 Å². The molecule has 0 bridgehead atoms. The van der Waals surface area contributed by atoms with Crippen LogP contribution in [0, 0.1) is 11.6 Å². The number of amides is 2. The summed E-state index contributed by atoms with van der Waals surface area (Å²) in [5.74, 6) is -0.653. The van der Waals surface area contributed by atoms with Gasteiger partial charge in [-0.15, -0.1) is 0 Å². The summed E-state index contributed by atoms with van der Waals surface area (Å²) in [6.07, 6.45) is 6.41. The zero-order valence-electron chi connectivity index (χ0n) is 15.1. The first-order valence-corrected chi connectivity index (χ1v) is 9.08. The zero-order chi connectivity index (χ0) is 19.5. The maximum atomic E-state index is 14.1. The number of rotatable bonds is 3. The molecule has 1 atom stereocenters. The summed E-state index contributed by atoms with van der Waals surface area (Å²) < 4.78 is 29.3. The normalized spacial score (nSPS) is 16.8. The standard InChI is InChI=1S/C20H19F2N5O/c21-15-6-7-17(22)16(12-15)14-4-2-10-26(13-14)20(28)25-18-5-1-8-23-19(18)27-11-3-9-24-27/h1,3,5-9,11-12,14H,2,4,10,13H2,(H,25,28)/t14-/m1/s1. The van der Waals surface area contributed by atoms with Crippen molar-refractivity contribution in [2.24, 2.45) is 0 Å². The number of benzene rings is 1. The third kappa shape index (κ3) is 3.71. The van der Waals surface area contributed by atoms with Gasteiger partial charge in [0, 0.05) is 37.6 Å². The Morgan fingerprint density at radius 3 is 2.89 bits per heavy atom. The molecule has 3 heterocycles. The Labute approximate surface area is 160 Å². The van der Waals surface area contributed by atoms with Crippen molar-refractivity contribution in [1.82, 2.24) is 19.7 Å². The van der Waals surface area contributed by atoms with Gasteiger partial charge in [0.05, 0.1) is 5.69 Å². The molecule has 0 unspecified atom stereocenters. The molecule has 1 fully saturated rings. The molecule has 1 saturated heterocycles. The fourth-order valence-corrected chi connectivity index (χ4v) is 3.51. The van der Waals surface area contributed by atoms with E-state index in [1.165, 1.54) is 6.07 Å². The van der Waals surface area contributed by atoms with Gasteiger partial charge in [-0.05, 0) is 54.8 Å². The maximum Gasteiger partial charge on any atom is 0.321 e. The van der Waals surface area contributed by atoms with Crippen molar-refractivity contribution in [3.63, 3.8) is 0 Å². The fourth-order valence-electron chi connectivity index (χ4n) is 3.51. The average molecular weight is 383 g/mol. The van der Waals surface area contributed by atoms with Crippen LogP contribution in [0.5, 0.6) is 0 Å². The minimum absolute atomic E-state index is 0.241. The number of pyridine rings is 1. The Bertz CT molecular complexity index is 976. The SMILES string of the molecule is O=C(Nc1cccnc1-n1cccn1)N1CCC[C@@H](c2cc(F)ccc2F)C1. The third-order valence-electron chi connectivity index (χ3n) is 4.86. The van der Waals surface area contributed by atoms with Crippen LogP contribution in [-0.4, -0.2) is 38.8 Å². The van der Waals surface area contributed by atoms with E-state index in [0.29, 0.717) is 43.0 Å². The van der Waals surface area contributed by atoms with Crippen LogP contribution in [-0.2, 0) is 0 Å². The molecule has 0 spiro atoms. The molecule has 3 aromatic rings. The molecule has 1 N–H and O–H groups in total. The van der Waals surface area contributed by atoms with Gasteiger partial charge in [0.1, 0.15) is 11.6 Å². The lowest BCUT2D eigenvalue weighted by Crippen LogP contribution is -2.42. The molecule has 0 saturated carbocycles. The van der Waals surface area contributed by atoms with Crippen molar-refractivity contribution in [2.45, 2.75) is 18.8 Å². The lowest BCUT2D eigenvalue weighted by molar-refractivity contribution is 0.192. The second kappa shape index (κ2) is 7.75. The lowest BCUT2D eigenvalue weighted by Gasteiger charge is -2.33. The lowest BCUT2D eigenvalue weighted by atomic mass is 9.90. The topological polar surface area (TPSA) is 63.1 Å². The summed E-state index contributed by atoms with van der Waals surface area (Å²) in [6.45, 7) is 0.875. The highest BCUT2D eigenvalue weighted by atomic mass is 19.1. The van der Waals surface area contributed by atoms with Crippen LogP contribution in [0.1, 0.15) is 24.3 Å². The molecule has 144 valence electrons. The van der Waals surface area contributed by atoms with E-state index in [-0.39, 0.29) is 11.9 Å². The van der Waals surface area contributed by atoms with E-state index in [9.17, 15) is 13.6 Å². The minimum atomic E-state index is -0.475. The van der Waals surface area contributed by atoms with E-state index >= 15 is 0 Å². The number of halogens is 2. The molecule has 6 nitrogen and oxygen atoms in total. The third-order valence-corrected chi connectivity index (χ3v) is 4.86. The summed E-state index contributed by atoms with van der Waals surface area (Å²) in [5, 5.41) is 7.01. The number of aromatic nitrogens is 3. The van der Waals surface area contributed by atoms with Crippen LogP contribution in [0.3, 0.4) is 0 Å². The number of urea groups is 1. The van der Waals surface area contributed by atoms with E-state index in [2.05, 4.69) is 15.4 Å². The van der Waals surface area contributed by atoms with Crippen molar-refractivity contribution in [2.75, 3.05) is 18.4 Å². The predicted molar refractivity (Wildman–Crippen MR) is 100 cm³/mol. The summed E-state index contributed by atoms with van der Waals surface area (Å²) in [4.78, 5) is 18.7. The van der Waals surface area contributed by atoms with Gasteiger partial charge < -0.3 is 10.2 Å². The van der Waals surface area contributed by atoms with Gasteiger partial charge in [-0.2, -0.15) is 5.10 Å². The highest BCUT2D eigenvalue weighted by Gasteiger charge is 2.27. The van der Waals surface area contributed by atoms with E-state index < -0.39 is 11.6 Å². The summed E-state index contributed by atoms with van der Waals surface area (Å²) in [7, 11) is 0. The van der Waals surface area contributed by atoms with E-state index in [1.54, 1.807) is 46.4 Å². The first kappa shape index (κ1) is 18.1. The fraction of sp³-hybridized carbons (Fsp3) is 0.250. The molecule has 8 heteroatoms. The van der Waals surface area contributed by atoms with Crippen molar-refractivity contribution in [3.05, 3.63) is 72.2 Å². The van der Waals surface area contributed by atoms with Crippen LogP contribution in [0.15, 0.2) is 55.0 Å². The summed E-state index contributed by atoms with van der Waals surface area (Å²) >= 11 is 0. The molecule has 28 heavy (non-hydrogen) atoms. The van der Waals surface area contributed by atoms with Crippen LogP contribution in [0.2, 0.25) is 0 Å². The number of anilines is 1. The summed E-state index contributed by atoms with van der Waals surface area (Å²) in [5.41, 5.74) is 0.839. The summed E-state index contributed by atoms with van der Waals surface area (Å²) in [6, 6.07) is 8.39. The number of carbonyl (C=O) groups is 1.